The minimum atomic E-state index is -0.381. The molecule has 0 aliphatic heterocycles. The summed E-state index contributed by atoms with van der Waals surface area (Å²) in [5, 5.41) is 46.1. The Kier molecular flexibility index (Phi) is 19.0. The van der Waals surface area contributed by atoms with Crippen LogP contribution in [0.25, 0.3) is 12.2 Å². The second kappa shape index (κ2) is 22.3. The Bertz CT molecular complexity index is 1610. The molecule has 0 aliphatic carbocycles. The van der Waals surface area contributed by atoms with Gasteiger partial charge >= 0.3 is 0 Å². The maximum Gasteiger partial charge on any atom is 0.182 e. The van der Waals surface area contributed by atoms with E-state index in [4.69, 9.17) is 19.7 Å². The highest BCUT2D eigenvalue weighted by Crippen LogP contribution is 2.28. The van der Waals surface area contributed by atoms with Crippen molar-refractivity contribution in [3.63, 3.8) is 0 Å². The molecule has 0 saturated heterocycles. The number of aldehydes is 1. The maximum absolute atomic E-state index is 12.0. The third-order valence-corrected chi connectivity index (χ3v) is 6.36. The average Bonchev–Trinajstić information content (AvgIpc) is 3.09. The zero-order valence-electron chi connectivity index (χ0n) is 27.4. The molecule has 3 aromatic rings. The summed E-state index contributed by atoms with van der Waals surface area (Å²) in [5.41, 5.74) is 4.48. The molecule has 0 heterocycles. The second-order valence-electron chi connectivity index (χ2n) is 10.1. The summed E-state index contributed by atoms with van der Waals surface area (Å²) >= 11 is 0. The van der Waals surface area contributed by atoms with Crippen LogP contribution in [-0.2, 0) is 40.8 Å². The zero-order chi connectivity index (χ0) is 36.1. The smallest absolute Gasteiger partial charge is 0.182 e. The largest absolute Gasteiger partial charge is 0.508 e. The van der Waals surface area contributed by atoms with Crippen molar-refractivity contribution in [1.82, 2.24) is 0 Å². The van der Waals surface area contributed by atoms with Gasteiger partial charge in [-0.05, 0) is 83.6 Å². The first-order valence-corrected chi connectivity index (χ1v) is 14.6. The number of aliphatic hydroxyl groups is 5. The fourth-order valence-corrected chi connectivity index (χ4v) is 3.98. The number of ether oxygens (including phenoxy) is 2. The van der Waals surface area contributed by atoms with E-state index in [1.807, 2.05) is 0 Å². The van der Waals surface area contributed by atoms with Crippen LogP contribution >= 0.6 is 0 Å². The summed E-state index contributed by atoms with van der Waals surface area (Å²) in [7, 11) is 3.08. The average molecular weight is 663 g/mol. The molecule has 48 heavy (non-hydrogen) atoms. The summed E-state index contributed by atoms with van der Waals surface area (Å²) in [5.74, 6) is 0.435. The van der Waals surface area contributed by atoms with Crippen molar-refractivity contribution in [2.45, 2.75) is 46.7 Å². The fraction of sp³-hybridized carbons (Fsp3) is 0.243. The SMILES string of the molecule is CC(=O)CC(C)=O.COc1ccc(/C=C/C(=O)C=C(O)/C=C/c2ccc(CO)c(CO)c2)cc1OC.O=Cc1ccc(CO)c(CO)c1. The number of hydrogen-bond donors (Lipinski definition) is 5. The van der Waals surface area contributed by atoms with Crippen LogP contribution in [0, 0.1) is 0 Å². The summed E-state index contributed by atoms with van der Waals surface area (Å²) < 4.78 is 10.4. The fourth-order valence-electron chi connectivity index (χ4n) is 3.98. The number of allylic oxidation sites excluding steroid dienone is 3. The molecular formula is C37H42O11. The number of methoxy groups -OCH3 is 2. The molecule has 0 aromatic heterocycles. The van der Waals surface area contributed by atoms with Crippen molar-refractivity contribution in [2.24, 2.45) is 0 Å². The third-order valence-electron chi connectivity index (χ3n) is 6.36. The van der Waals surface area contributed by atoms with E-state index in [0.29, 0.717) is 45.6 Å². The van der Waals surface area contributed by atoms with E-state index < -0.39 is 0 Å². The van der Waals surface area contributed by atoms with Crippen molar-refractivity contribution in [3.05, 3.63) is 118 Å². The van der Waals surface area contributed by atoms with E-state index in [1.54, 1.807) is 73.9 Å². The van der Waals surface area contributed by atoms with E-state index in [9.17, 15) is 34.5 Å². The Balaban J connectivity index is 0.000000494. The van der Waals surface area contributed by atoms with Crippen molar-refractivity contribution < 1.29 is 54.2 Å². The highest BCUT2D eigenvalue weighted by atomic mass is 16.5. The quantitative estimate of drug-likeness (QED) is 0.0539. The van der Waals surface area contributed by atoms with Gasteiger partial charge in [0.05, 0.1) is 47.1 Å². The summed E-state index contributed by atoms with van der Waals surface area (Å²) in [4.78, 5) is 42.4. The summed E-state index contributed by atoms with van der Waals surface area (Å²) in [6, 6.07) is 15.2. The Morgan fingerprint density at radius 1 is 0.625 bits per heavy atom. The molecule has 11 nitrogen and oxygen atoms in total. The predicted molar refractivity (Wildman–Crippen MR) is 181 cm³/mol. The molecule has 3 aromatic carbocycles. The van der Waals surface area contributed by atoms with Gasteiger partial charge < -0.3 is 35.0 Å². The minimum Gasteiger partial charge on any atom is -0.508 e. The van der Waals surface area contributed by atoms with Crippen LogP contribution in [0.2, 0.25) is 0 Å². The minimum absolute atomic E-state index is 0.0625. The van der Waals surface area contributed by atoms with E-state index in [1.165, 1.54) is 33.1 Å². The summed E-state index contributed by atoms with van der Waals surface area (Å²) in [6.45, 7) is 2.18. The normalized spacial score (nSPS) is 10.9. The Morgan fingerprint density at radius 2 is 1.08 bits per heavy atom. The van der Waals surface area contributed by atoms with Crippen LogP contribution in [0.3, 0.4) is 0 Å². The molecule has 5 N–H and O–H groups in total. The van der Waals surface area contributed by atoms with Crippen molar-refractivity contribution >= 4 is 35.8 Å². The molecule has 3 rings (SSSR count). The highest BCUT2D eigenvalue weighted by molar-refractivity contribution is 6.02. The van der Waals surface area contributed by atoms with E-state index in [-0.39, 0.29) is 56.0 Å². The maximum atomic E-state index is 12.0. The third kappa shape index (κ3) is 14.9. The zero-order valence-corrected chi connectivity index (χ0v) is 27.4. The van der Waals surface area contributed by atoms with Crippen molar-refractivity contribution in [1.29, 1.82) is 0 Å². The molecule has 0 saturated carbocycles. The lowest BCUT2D eigenvalue weighted by Crippen LogP contribution is -1.97. The monoisotopic (exact) mass is 662 g/mol. The van der Waals surface area contributed by atoms with Crippen LogP contribution in [0.5, 0.6) is 11.5 Å². The molecule has 0 amide bonds. The number of carbonyl (C=O) groups excluding carboxylic acids is 4. The number of ketones is 3. The molecule has 11 heteroatoms. The first-order chi connectivity index (χ1) is 22.9. The van der Waals surface area contributed by atoms with Crippen LogP contribution in [0.1, 0.15) is 64.0 Å². The van der Waals surface area contributed by atoms with Gasteiger partial charge in [0.1, 0.15) is 23.6 Å². The lowest BCUT2D eigenvalue weighted by Gasteiger charge is -2.07. The van der Waals surface area contributed by atoms with E-state index in [0.717, 1.165) is 17.2 Å². The van der Waals surface area contributed by atoms with Crippen LogP contribution in [-0.4, -0.2) is 63.4 Å². The predicted octanol–water partition coefficient (Wildman–Crippen LogP) is 4.46. The molecule has 0 spiro atoms. The van der Waals surface area contributed by atoms with Crippen LogP contribution in [0.15, 0.2) is 78.6 Å². The van der Waals surface area contributed by atoms with Crippen LogP contribution < -0.4 is 9.47 Å². The van der Waals surface area contributed by atoms with Gasteiger partial charge in [0, 0.05) is 11.6 Å². The van der Waals surface area contributed by atoms with Gasteiger partial charge in [0.2, 0.25) is 0 Å². The van der Waals surface area contributed by atoms with Crippen molar-refractivity contribution in [3.8, 4) is 11.5 Å². The van der Waals surface area contributed by atoms with Gasteiger partial charge in [0.25, 0.3) is 0 Å². The van der Waals surface area contributed by atoms with Gasteiger partial charge in [0.15, 0.2) is 17.3 Å². The van der Waals surface area contributed by atoms with E-state index in [2.05, 4.69) is 0 Å². The second-order valence-corrected chi connectivity index (χ2v) is 10.1. The van der Waals surface area contributed by atoms with E-state index >= 15 is 0 Å². The Morgan fingerprint density at radius 3 is 1.54 bits per heavy atom. The Labute approximate surface area is 279 Å². The first-order valence-electron chi connectivity index (χ1n) is 14.6. The van der Waals surface area contributed by atoms with Gasteiger partial charge in [-0.25, -0.2) is 0 Å². The van der Waals surface area contributed by atoms with Gasteiger partial charge in [-0.2, -0.15) is 0 Å². The molecule has 0 aliphatic rings. The van der Waals surface area contributed by atoms with Crippen molar-refractivity contribution in [2.75, 3.05) is 14.2 Å². The van der Waals surface area contributed by atoms with Gasteiger partial charge in [-0.3, -0.25) is 19.2 Å². The number of rotatable bonds is 14. The first kappa shape index (κ1) is 40.8. The molecule has 0 radical (unpaired) electrons. The lowest BCUT2D eigenvalue weighted by molar-refractivity contribution is -0.124. The van der Waals surface area contributed by atoms with Gasteiger partial charge in [-0.15, -0.1) is 0 Å². The molecule has 0 atom stereocenters. The Hall–Kier alpha value is -5.20. The summed E-state index contributed by atoms with van der Waals surface area (Å²) in [6.07, 6.45) is 7.84. The lowest BCUT2D eigenvalue weighted by atomic mass is 10.0. The number of carbonyl (C=O) groups is 4. The molecule has 0 unspecified atom stereocenters. The number of Topliss-reactive ketones (excluding diaryl/α,β-unsaturated/α-hetero) is 2. The topological polar surface area (TPSA) is 188 Å². The standard InChI is InChI=1S/C23H24O6.C9H10O3.C5H8O2/c1-28-22-10-6-17(12-23(22)29-2)5-9-21(27)13-20(26)8-4-16-3-7-18(14-24)19(11-16)15-25;10-4-7-1-2-8(5-11)9(3-7)6-12;1-4(6)3-5(2)7/h3-13,24-26H,14-15H2,1-2H3;1-4,11-12H,5-6H2;3H2,1-2H3/b8-4+,9-5+,20-13?;;. The molecular weight excluding hydrogens is 620 g/mol. The molecule has 256 valence electrons. The molecule has 0 fully saturated rings. The van der Waals surface area contributed by atoms with Crippen LogP contribution in [0.4, 0.5) is 0 Å². The van der Waals surface area contributed by atoms with Gasteiger partial charge in [-0.1, -0.05) is 42.5 Å². The number of hydrogen-bond acceptors (Lipinski definition) is 11. The number of aliphatic hydroxyl groups excluding tert-OH is 5. The highest BCUT2D eigenvalue weighted by Gasteiger charge is 2.04. The molecule has 0 bridgehead atoms. The number of benzene rings is 3.